The fourth-order valence-electron chi connectivity index (χ4n) is 5.97. The first-order valence-electron chi connectivity index (χ1n) is 14.8. The number of aliphatic carboxylic acids is 1. The van der Waals surface area contributed by atoms with Crippen LogP contribution in [0.2, 0.25) is 0 Å². The molecular weight excluding hydrogens is 565 g/mol. The smallest absolute Gasteiger partial charge is 0.406 e. The fourth-order valence-corrected chi connectivity index (χ4v) is 5.97. The third kappa shape index (κ3) is 8.00. The predicted octanol–water partition coefficient (Wildman–Crippen LogP) is 4.85. The second-order valence-electron chi connectivity index (χ2n) is 11.3. The Hall–Kier alpha value is -4.28. The van der Waals surface area contributed by atoms with E-state index in [1.807, 2.05) is 31.2 Å². The van der Waals surface area contributed by atoms with Gasteiger partial charge < -0.3 is 30.5 Å². The number of nitrogens with zero attached hydrogens (tertiary/aromatic N) is 1. The van der Waals surface area contributed by atoms with Crippen LogP contribution in [0, 0.1) is 18.7 Å². The third-order valence-electron chi connectivity index (χ3n) is 8.17. The number of aryl methyl sites for hydroxylation is 1. The Balaban J connectivity index is 1.61. The zero-order chi connectivity index (χ0) is 31.7. The van der Waals surface area contributed by atoms with Crippen molar-refractivity contribution in [2.24, 2.45) is 5.92 Å². The van der Waals surface area contributed by atoms with Crippen LogP contribution >= 0.6 is 0 Å². The standard InChI is InChI=1S/C34H40FN3O6/c1-23-7-3-8-26(19-23)31-28(10-4-11-29(31)35)34(43,16-6-17-37-33(42)44-2)27-9-5-18-38(22-27)32(41)25-14-12-24(13-15-25)20-36-21-30(39)40/h3-4,7-8,10-15,19,27,36,43H,5-6,9,16-18,20-22H2,1-2H3,(H,37,42)(H,39,40)/t27-,34?/m1/s1. The van der Waals surface area contributed by atoms with Gasteiger partial charge in [-0.05, 0) is 67.5 Å². The van der Waals surface area contributed by atoms with Gasteiger partial charge in [0.25, 0.3) is 5.91 Å². The SMILES string of the molecule is COC(=O)NCCCC(O)(c1cccc(F)c1-c1cccc(C)c1)[C@@H]1CCCN(C(=O)c2ccc(CNCC(=O)O)cc2)C1. The zero-order valence-electron chi connectivity index (χ0n) is 25.1. The van der Waals surface area contributed by atoms with Gasteiger partial charge in [0.05, 0.1) is 19.3 Å². The van der Waals surface area contributed by atoms with Gasteiger partial charge in [-0.2, -0.15) is 0 Å². The number of carbonyl (C=O) groups is 3. The van der Waals surface area contributed by atoms with Crippen molar-refractivity contribution < 1.29 is 33.7 Å². The first kappa shape index (κ1) is 32.6. The summed E-state index contributed by atoms with van der Waals surface area (Å²) in [5.41, 5.74) is 2.24. The molecule has 0 saturated carbocycles. The number of likely N-dealkylation sites (tertiary alicyclic amines) is 1. The van der Waals surface area contributed by atoms with E-state index in [4.69, 9.17) is 5.11 Å². The number of rotatable bonds is 12. The number of piperidine rings is 1. The van der Waals surface area contributed by atoms with Gasteiger partial charge in [0.15, 0.2) is 0 Å². The Morgan fingerprint density at radius 1 is 1.09 bits per heavy atom. The van der Waals surface area contributed by atoms with Crippen LogP contribution < -0.4 is 10.6 Å². The maximum Gasteiger partial charge on any atom is 0.406 e. The van der Waals surface area contributed by atoms with Gasteiger partial charge in [-0.25, -0.2) is 9.18 Å². The number of carbonyl (C=O) groups excluding carboxylic acids is 2. The molecular formula is C34H40FN3O6. The summed E-state index contributed by atoms with van der Waals surface area (Å²) >= 11 is 0. The highest BCUT2D eigenvalue weighted by Crippen LogP contribution is 2.44. The van der Waals surface area contributed by atoms with Crippen molar-refractivity contribution in [2.45, 2.75) is 44.8 Å². The van der Waals surface area contributed by atoms with E-state index >= 15 is 4.39 Å². The zero-order valence-corrected chi connectivity index (χ0v) is 25.1. The fraction of sp³-hybridized carbons (Fsp3) is 0.382. The number of nitrogens with one attached hydrogen (secondary N) is 2. The third-order valence-corrected chi connectivity index (χ3v) is 8.17. The van der Waals surface area contributed by atoms with Gasteiger partial charge in [0, 0.05) is 43.2 Å². The Morgan fingerprint density at radius 2 is 1.84 bits per heavy atom. The van der Waals surface area contributed by atoms with Crippen molar-refractivity contribution in [3.8, 4) is 11.1 Å². The van der Waals surface area contributed by atoms with Gasteiger partial charge in [-0.15, -0.1) is 0 Å². The average Bonchev–Trinajstić information content (AvgIpc) is 3.02. The molecule has 3 aromatic carbocycles. The molecule has 0 bridgehead atoms. The van der Waals surface area contributed by atoms with Crippen LogP contribution in [-0.2, 0) is 21.7 Å². The molecule has 4 rings (SSSR count). The summed E-state index contributed by atoms with van der Waals surface area (Å²) in [5, 5.41) is 26.9. The van der Waals surface area contributed by atoms with E-state index in [0.717, 1.165) is 11.1 Å². The highest BCUT2D eigenvalue weighted by molar-refractivity contribution is 5.94. The number of aliphatic hydroxyl groups is 1. The summed E-state index contributed by atoms with van der Waals surface area (Å²) in [6, 6.07) is 19.2. The summed E-state index contributed by atoms with van der Waals surface area (Å²) in [5.74, 6) is -1.96. The molecule has 0 radical (unpaired) electrons. The maximum absolute atomic E-state index is 15.6. The molecule has 1 aliphatic heterocycles. The van der Waals surface area contributed by atoms with Crippen LogP contribution in [0.4, 0.5) is 9.18 Å². The molecule has 10 heteroatoms. The summed E-state index contributed by atoms with van der Waals surface area (Å²) in [6.07, 6.45) is 1.34. The number of carboxylic acids is 1. The van der Waals surface area contributed by atoms with Crippen LogP contribution in [0.15, 0.2) is 66.7 Å². The molecule has 1 heterocycles. The number of hydrogen-bond donors (Lipinski definition) is 4. The van der Waals surface area contributed by atoms with E-state index in [2.05, 4.69) is 15.4 Å². The van der Waals surface area contributed by atoms with Crippen molar-refractivity contribution >= 4 is 18.0 Å². The lowest BCUT2D eigenvalue weighted by molar-refractivity contribution is -0.136. The van der Waals surface area contributed by atoms with Crippen LogP contribution in [-0.4, -0.2) is 66.4 Å². The van der Waals surface area contributed by atoms with E-state index in [-0.39, 0.29) is 32.0 Å². The van der Waals surface area contributed by atoms with Crippen LogP contribution in [0.25, 0.3) is 11.1 Å². The van der Waals surface area contributed by atoms with Gasteiger partial charge in [0.1, 0.15) is 5.82 Å². The Kier molecular flexibility index (Phi) is 11.1. The number of amides is 2. The Bertz CT molecular complexity index is 1460. The lowest BCUT2D eigenvalue weighted by Crippen LogP contribution is -2.48. The van der Waals surface area contributed by atoms with E-state index in [1.165, 1.54) is 13.2 Å². The van der Waals surface area contributed by atoms with E-state index in [9.17, 15) is 19.5 Å². The van der Waals surface area contributed by atoms with Crippen LogP contribution in [0.5, 0.6) is 0 Å². The number of methoxy groups -OCH3 is 1. The lowest BCUT2D eigenvalue weighted by atomic mass is 9.72. The van der Waals surface area contributed by atoms with Crippen molar-refractivity contribution in [3.63, 3.8) is 0 Å². The number of ether oxygens (including phenoxy) is 1. The molecule has 3 aromatic rings. The van der Waals surface area contributed by atoms with Crippen molar-refractivity contribution in [3.05, 3.63) is 94.8 Å². The highest BCUT2D eigenvalue weighted by Gasteiger charge is 2.43. The topological polar surface area (TPSA) is 128 Å². The Labute approximate surface area is 257 Å². The molecule has 0 aliphatic carbocycles. The average molecular weight is 606 g/mol. The maximum atomic E-state index is 15.6. The van der Waals surface area contributed by atoms with Crippen molar-refractivity contribution in [1.29, 1.82) is 0 Å². The normalized spacial score (nSPS) is 16.2. The lowest BCUT2D eigenvalue weighted by Gasteiger charge is -2.43. The van der Waals surface area contributed by atoms with Crippen molar-refractivity contribution in [1.82, 2.24) is 15.5 Å². The minimum atomic E-state index is -1.50. The molecule has 1 fully saturated rings. The first-order valence-corrected chi connectivity index (χ1v) is 14.8. The summed E-state index contributed by atoms with van der Waals surface area (Å²) in [4.78, 5) is 37.8. The van der Waals surface area contributed by atoms with Crippen LogP contribution in [0.1, 0.15) is 52.7 Å². The van der Waals surface area contributed by atoms with E-state index in [0.29, 0.717) is 54.6 Å². The van der Waals surface area contributed by atoms with E-state index < -0.39 is 29.4 Å². The minimum Gasteiger partial charge on any atom is -0.480 e. The second kappa shape index (κ2) is 14.9. The van der Waals surface area contributed by atoms with Crippen LogP contribution in [0.3, 0.4) is 0 Å². The summed E-state index contributed by atoms with van der Waals surface area (Å²) in [7, 11) is 1.28. The molecule has 2 atom stereocenters. The minimum absolute atomic E-state index is 0.158. The summed E-state index contributed by atoms with van der Waals surface area (Å²) in [6.45, 7) is 3.18. The van der Waals surface area contributed by atoms with Gasteiger partial charge in [-0.3, -0.25) is 9.59 Å². The quantitative estimate of drug-likeness (QED) is 0.217. The Morgan fingerprint density at radius 3 is 2.55 bits per heavy atom. The molecule has 4 N–H and O–H groups in total. The molecule has 0 aromatic heterocycles. The summed E-state index contributed by atoms with van der Waals surface area (Å²) < 4.78 is 20.3. The number of hydrogen-bond acceptors (Lipinski definition) is 6. The molecule has 1 unspecified atom stereocenters. The van der Waals surface area contributed by atoms with Gasteiger partial charge in [0.2, 0.25) is 0 Å². The molecule has 2 amide bonds. The van der Waals surface area contributed by atoms with Gasteiger partial charge in [-0.1, -0.05) is 54.1 Å². The monoisotopic (exact) mass is 605 g/mol. The highest BCUT2D eigenvalue weighted by atomic mass is 19.1. The number of halogens is 1. The van der Waals surface area contributed by atoms with Crippen molar-refractivity contribution in [2.75, 3.05) is 33.3 Å². The molecule has 0 spiro atoms. The molecule has 234 valence electrons. The number of benzene rings is 3. The molecule has 1 saturated heterocycles. The second-order valence-corrected chi connectivity index (χ2v) is 11.3. The van der Waals surface area contributed by atoms with Gasteiger partial charge >= 0.3 is 12.1 Å². The molecule has 9 nitrogen and oxygen atoms in total. The first-order chi connectivity index (χ1) is 21.1. The molecule has 1 aliphatic rings. The van der Waals surface area contributed by atoms with E-state index in [1.54, 1.807) is 41.3 Å². The molecule has 44 heavy (non-hydrogen) atoms. The predicted molar refractivity (Wildman–Crippen MR) is 165 cm³/mol. The number of carboxylic acid groups (broad SMARTS) is 1. The number of alkyl carbamates (subject to hydrolysis) is 1. The largest absolute Gasteiger partial charge is 0.480 e.